The molecule has 9 nitrogen and oxygen atoms in total. The monoisotopic (exact) mass is 575 g/mol. The average Bonchev–Trinajstić information content (AvgIpc) is 3.51. The van der Waals surface area contributed by atoms with Crippen molar-refractivity contribution in [2.24, 2.45) is 0 Å². The van der Waals surface area contributed by atoms with E-state index < -0.39 is 11.6 Å². The van der Waals surface area contributed by atoms with Gasteiger partial charge in [-0.05, 0) is 31.7 Å². The average molecular weight is 576 g/mol. The lowest BCUT2D eigenvalue weighted by Crippen LogP contribution is -2.44. The third kappa shape index (κ3) is 4.84. The number of rotatable bonds is 6. The molecule has 2 aromatic heterocycles. The van der Waals surface area contributed by atoms with E-state index in [9.17, 15) is 4.39 Å². The minimum atomic E-state index is -0.655. The first-order valence-electron chi connectivity index (χ1n) is 12.7. The Morgan fingerprint density at radius 2 is 1.97 bits per heavy atom. The minimum absolute atomic E-state index is 0.0724. The van der Waals surface area contributed by atoms with Crippen LogP contribution in [0.3, 0.4) is 0 Å². The van der Waals surface area contributed by atoms with Crippen molar-refractivity contribution in [1.29, 1.82) is 0 Å². The van der Waals surface area contributed by atoms with Gasteiger partial charge >= 0.3 is 6.01 Å². The molecule has 2 aliphatic heterocycles. The van der Waals surface area contributed by atoms with Crippen LogP contribution in [0.2, 0.25) is 5.02 Å². The molecule has 206 valence electrons. The third-order valence-corrected chi connectivity index (χ3v) is 8.62. The summed E-state index contributed by atoms with van der Waals surface area (Å²) in [6, 6.07) is 4.59. The molecule has 39 heavy (non-hydrogen) atoms. The quantitative estimate of drug-likeness (QED) is 0.354. The number of halogens is 3. The molecule has 0 spiro atoms. The van der Waals surface area contributed by atoms with Crippen LogP contribution < -0.4 is 20.7 Å². The Balaban J connectivity index is 1.47. The van der Waals surface area contributed by atoms with Gasteiger partial charge in [-0.25, -0.2) is 13.8 Å². The van der Waals surface area contributed by atoms with Gasteiger partial charge in [-0.15, -0.1) is 0 Å². The minimum Gasteiger partial charge on any atom is -0.462 e. The number of aromatic nitrogens is 3. The van der Waals surface area contributed by atoms with Crippen LogP contribution in [0.1, 0.15) is 6.42 Å². The van der Waals surface area contributed by atoms with Crippen LogP contribution in [-0.2, 0) is 4.74 Å². The molecule has 4 aromatic rings. The van der Waals surface area contributed by atoms with Gasteiger partial charge < -0.3 is 25.4 Å². The Morgan fingerprint density at radius 1 is 1.18 bits per heavy atom. The molecule has 0 bridgehead atoms. The number of piperazine rings is 1. The summed E-state index contributed by atoms with van der Waals surface area (Å²) in [5.41, 5.74) is 6.60. The zero-order valence-electron chi connectivity index (χ0n) is 21.5. The highest BCUT2D eigenvalue weighted by Gasteiger charge is 2.31. The van der Waals surface area contributed by atoms with E-state index in [0.717, 1.165) is 37.4 Å². The van der Waals surface area contributed by atoms with E-state index in [4.69, 9.17) is 31.8 Å². The summed E-state index contributed by atoms with van der Waals surface area (Å²) >= 11 is 7.71. The van der Waals surface area contributed by atoms with Crippen molar-refractivity contribution in [1.82, 2.24) is 25.2 Å². The highest BCUT2D eigenvalue weighted by molar-refractivity contribution is 7.22. The number of ether oxygens (including phenoxy) is 2. The molecule has 0 radical (unpaired) electrons. The summed E-state index contributed by atoms with van der Waals surface area (Å²) in [5, 5.41) is 4.12. The summed E-state index contributed by atoms with van der Waals surface area (Å²) in [4.78, 5) is 17.7. The highest BCUT2D eigenvalue weighted by atomic mass is 35.5. The van der Waals surface area contributed by atoms with Gasteiger partial charge in [0.15, 0.2) is 10.9 Å². The second-order valence-corrected chi connectivity index (χ2v) is 11.3. The fourth-order valence-corrected chi connectivity index (χ4v) is 6.41. The first kappa shape index (κ1) is 26.3. The van der Waals surface area contributed by atoms with Gasteiger partial charge in [-0.2, -0.15) is 9.97 Å². The van der Waals surface area contributed by atoms with E-state index in [-0.39, 0.29) is 49.6 Å². The van der Waals surface area contributed by atoms with E-state index in [0.29, 0.717) is 36.5 Å². The van der Waals surface area contributed by atoms with Crippen molar-refractivity contribution in [3.63, 3.8) is 0 Å². The maximum absolute atomic E-state index is 16.4. The fraction of sp³-hybridized carbons (Fsp3) is 0.423. The van der Waals surface area contributed by atoms with Crippen LogP contribution in [0.5, 0.6) is 6.01 Å². The molecule has 2 aliphatic rings. The number of nitrogen functional groups attached to an aromatic ring is 1. The number of fused-ring (bicyclic) bond motifs is 2. The lowest BCUT2D eigenvalue weighted by molar-refractivity contribution is 0.111. The van der Waals surface area contributed by atoms with Crippen LogP contribution in [0, 0.1) is 11.6 Å². The van der Waals surface area contributed by atoms with Gasteiger partial charge in [0.1, 0.15) is 23.8 Å². The number of thiazole rings is 1. The molecule has 2 atom stereocenters. The number of nitrogens with zero attached hydrogens (tertiary/aromatic N) is 5. The Labute approximate surface area is 232 Å². The van der Waals surface area contributed by atoms with Gasteiger partial charge in [0.25, 0.3) is 0 Å². The smallest absolute Gasteiger partial charge is 0.319 e. The predicted octanol–water partition coefficient (Wildman–Crippen LogP) is 3.93. The van der Waals surface area contributed by atoms with E-state index in [1.165, 1.54) is 12.1 Å². The van der Waals surface area contributed by atoms with Gasteiger partial charge in [0.2, 0.25) is 0 Å². The SMILES string of the molecule is COC1C[C@@H](COc2nc(N3CCNCC3)c3cc(Cl)c(-c4ccc(F)c5sc(N)nc45)c(F)c3n2)N(C)C1. The van der Waals surface area contributed by atoms with Crippen molar-refractivity contribution >= 4 is 55.0 Å². The first-order chi connectivity index (χ1) is 18.8. The molecule has 2 fully saturated rings. The van der Waals surface area contributed by atoms with Gasteiger partial charge in [0, 0.05) is 62.4 Å². The summed E-state index contributed by atoms with van der Waals surface area (Å²) < 4.78 is 42.7. The summed E-state index contributed by atoms with van der Waals surface area (Å²) in [5.74, 6) is -0.578. The molecule has 0 amide bonds. The summed E-state index contributed by atoms with van der Waals surface area (Å²) in [7, 11) is 3.72. The standard InChI is InChI=1S/C26H28ClF2N7O2S/c1-35-11-14(37-2)9-13(35)12-38-26-33-21-16(24(34-26)36-7-5-31-6-8-36)10-17(27)19(20(21)29)15-3-4-18(28)23-22(15)32-25(30)39-23/h3-4,10,13-14,31H,5-9,11-12H2,1-2H3,(H2,30,32)/t13-,14?/m0/s1. The normalized spacial score (nSPS) is 20.4. The molecule has 4 heterocycles. The Bertz CT molecular complexity index is 1550. The number of anilines is 2. The lowest BCUT2D eigenvalue weighted by atomic mass is 10.0. The van der Waals surface area contributed by atoms with E-state index in [2.05, 4.69) is 25.1 Å². The predicted molar refractivity (Wildman–Crippen MR) is 150 cm³/mol. The number of hydrogen-bond acceptors (Lipinski definition) is 10. The number of nitrogens with two attached hydrogens (primary N) is 1. The van der Waals surface area contributed by atoms with Crippen molar-refractivity contribution in [2.75, 3.05) is 64.1 Å². The molecule has 1 unspecified atom stereocenters. The van der Waals surface area contributed by atoms with Crippen LogP contribution in [0.4, 0.5) is 19.7 Å². The molecule has 2 aromatic carbocycles. The third-order valence-electron chi connectivity index (χ3n) is 7.43. The molecular formula is C26H28ClF2N7O2S. The van der Waals surface area contributed by atoms with Crippen LogP contribution in [0.25, 0.3) is 32.2 Å². The number of methoxy groups -OCH3 is 1. The van der Waals surface area contributed by atoms with E-state index in [1.54, 1.807) is 13.2 Å². The van der Waals surface area contributed by atoms with Crippen molar-refractivity contribution in [3.05, 3.63) is 34.9 Å². The largest absolute Gasteiger partial charge is 0.462 e. The van der Waals surface area contributed by atoms with Crippen molar-refractivity contribution < 1.29 is 18.3 Å². The lowest BCUT2D eigenvalue weighted by Gasteiger charge is -2.29. The molecule has 2 saturated heterocycles. The Kier molecular flexibility index (Phi) is 7.15. The second kappa shape index (κ2) is 10.6. The van der Waals surface area contributed by atoms with Crippen molar-refractivity contribution in [3.8, 4) is 17.1 Å². The molecule has 0 aliphatic carbocycles. The maximum atomic E-state index is 16.4. The summed E-state index contributed by atoms with van der Waals surface area (Å²) in [6.07, 6.45) is 0.948. The van der Waals surface area contributed by atoms with Crippen molar-refractivity contribution in [2.45, 2.75) is 18.6 Å². The fourth-order valence-electron chi connectivity index (χ4n) is 5.35. The van der Waals surface area contributed by atoms with Gasteiger partial charge in [0.05, 0.1) is 21.3 Å². The molecule has 0 saturated carbocycles. The molecule has 6 rings (SSSR count). The van der Waals surface area contributed by atoms with Crippen LogP contribution >= 0.6 is 22.9 Å². The summed E-state index contributed by atoms with van der Waals surface area (Å²) in [6.45, 7) is 4.04. The Morgan fingerprint density at radius 3 is 2.72 bits per heavy atom. The number of likely N-dealkylation sites (tertiary alicyclic amines) is 1. The highest BCUT2D eigenvalue weighted by Crippen LogP contribution is 2.42. The zero-order valence-corrected chi connectivity index (χ0v) is 23.1. The first-order valence-corrected chi connectivity index (χ1v) is 13.9. The molecule has 3 N–H and O–H groups in total. The number of nitrogens with one attached hydrogen (secondary N) is 1. The molecular weight excluding hydrogens is 548 g/mol. The topological polar surface area (TPSA) is 102 Å². The zero-order chi connectivity index (χ0) is 27.3. The van der Waals surface area contributed by atoms with Crippen LogP contribution in [-0.4, -0.2) is 85.5 Å². The second-order valence-electron chi connectivity index (χ2n) is 9.83. The molecule has 13 heteroatoms. The number of benzene rings is 2. The Hall–Kier alpha value is -2.90. The maximum Gasteiger partial charge on any atom is 0.319 e. The van der Waals surface area contributed by atoms with E-state index >= 15 is 4.39 Å². The van der Waals surface area contributed by atoms with Gasteiger partial charge in [-0.1, -0.05) is 22.9 Å². The van der Waals surface area contributed by atoms with Gasteiger partial charge in [-0.3, -0.25) is 4.90 Å². The number of likely N-dealkylation sites (N-methyl/N-ethyl adjacent to an activating group) is 1. The van der Waals surface area contributed by atoms with E-state index in [1.807, 2.05) is 7.05 Å². The van der Waals surface area contributed by atoms with Crippen LogP contribution in [0.15, 0.2) is 18.2 Å². The number of hydrogen-bond donors (Lipinski definition) is 2.